The van der Waals surface area contributed by atoms with Gasteiger partial charge in [-0.1, -0.05) is 0 Å². The number of hydrogen-bond donors (Lipinski definition) is 1. The quantitative estimate of drug-likeness (QED) is 0.523. The van der Waals surface area contributed by atoms with Crippen LogP contribution in [0.25, 0.3) is 0 Å². The molecular weight excluding hydrogens is 441 g/mol. The van der Waals surface area contributed by atoms with E-state index in [1.54, 1.807) is 9.45 Å². The van der Waals surface area contributed by atoms with Crippen LogP contribution < -0.4 is 28.6 Å². The molecule has 0 spiro atoms. The molecule has 0 aromatic rings. The molecule has 5 rings (SSSR count). The average Bonchev–Trinajstić information content (AvgIpc) is 2.75. The van der Waals surface area contributed by atoms with E-state index in [0.717, 1.165) is 17.8 Å². The standard InChI is InChI=1S/C11H17NO.C9H13.C2H7Si.2ClH.Ti/c12-10(13)11-4-7-1-8(5-11)3-9(2-7)6-11;1-6-5-7(2)9(4)8(6)3;1-3-2;;;/h7-9H,1-6H2,(H2,12,13);6H,1-4H3;3H,1-2H3;2*1H;/q;;;;;+3/p-3. The molecule has 0 aromatic carbocycles. The van der Waals surface area contributed by atoms with Crippen molar-refractivity contribution in [1.29, 1.82) is 0 Å². The Labute approximate surface area is 191 Å². The predicted molar refractivity (Wildman–Crippen MR) is 108 cm³/mol. The van der Waals surface area contributed by atoms with Crippen molar-refractivity contribution in [3.8, 4) is 0 Å². The normalized spacial score (nSPS) is 35.8. The molecule has 28 heavy (non-hydrogen) atoms. The minimum Gasteiger partial charge on any atom is -1.00 e. The number of allylic oxidation sites excluding steroid dienone is 4. The van der Waals surface area contributed by atoms with Crippen LogP contribution in [0.5, 0.6) is 0 Å². The molecule has 1 unspecified atom stereocenters. The SMILES string of the molecule is CC1=C(C)C(C)[C]([Ti+2]([NH]C(=O)C23CC4CC(CC(C4)C2)C3)[SiH](C)C)=C1C.[Cl-].[Cl-]. The smallest absolute Gasteiger partial charge is 1.00 e. The van der Waals surface area contributed by atoms with Crippen LogP contribution in [0.4, 0.5) is 0 Å². The number of halogens is 2. The Bertz CT molecular complexity index is 667. The van der Waals surface area contributed by atoms with E-state index < -0.39 is 24.0 Å². The summed E-state index contributed by atoms with van der Waals surface area (Å²) < 4.78 is 5.52. The summed E-state index contributed by atoms with van der Waals surface area (Å²) in [6.07, 6.45) is 7.83. The van der Waals surface area contributed by atoms with Crippen LogP contribution in [0.15, 0.2) is 20.6 Å². The molecule has 6 heteroatoms. The fourth-order valence-electron chi connectivity index (χ4n) is 6.97. The van der Waals surface area contributed by atoms with Gasteiger partial charge in [-0.05, 0) is 0 Å². The summed E-state index contributed by atoms with van der Waals surface area (Å²) in [7, 11) is 0. The first kappa shape index (κ1) is 24.7. The summed E-state index contributed by atoms with van der Waals surface area (Å²) in [5, 5.41) is 0. The van der Waals surface area contributed by atoms with Crippen molar-refractivity contribution in [1.82, 2.24) is 3.80 Å². The fraction of sp³-hybridized carbons (Fsp3) is 0.773. The summed E-state index contributed by atoms with van der Waals surface area (Å²) in [6.45, 7) is 13.4. The fourth-order valence-corrected chi connectivity index (χ4v) is 17.6. The molecule has 4 fully saturated rings. The van der Waals surface area contributed by atoms with Gasteiger partial charge in [-0.15, -0.1) is 0 Å². The maximum absolute atomic E-state index is 13.7. The molecule has 5 aliphatic rings. The van der Waals surface area contributed by atoms with E-state index in [0.29, 0.717) is 11.8 Å². The molecule has 0 aromatic heterocycles. The van der Waals surface area contributed by atoms with Gasteiger partial charge in [0.05, 0.1) is 0 Å². The van der Waals surface area contributed by atoms with E-state index in [2.05, 4.69) is 44.6 Å². The van der Waals surface area contributed by atoms with Crippen molar-refractivity contribution in [2.45, 2.75) is 79.3 Å². The number of rotatable bonds is 4. The second kappa shape index (κ2) is 8.91. The van der Waals surface area contributed by atoms with Gasteiger partial charge >= 0.3 is 168 Å². The van der Waals surface area contributed by atoms with Crippen molar-refractivity contribution < 1.29 is 47.0 Å². The predicted octanol–water partition coefficient (Wildman–Crippen LogP) is -0.896. The second-order valence-corrected chi connectivity index (χ2v) is 22.9. The molecule has 1 atom stereocenters. The summed E-state index contributed by atoms with van der Waals surface area (Å²) in [6, 6.07) is 0. The molecular formula is C22H36Cl2NOSiTi. The first-order valence-corrected chi connectivity index (χ1v) is 17.9. The Balaban J connectivity index is 0.00000140. The largest absolute Gasteiger partial charge is 1.00 e. The van der Waals surface area contributed by atoms with Crippen LogP contribution in [0.1, 0.15) is 66.2 Å². The van der Waals surface area contributed by atoms with Crippen LogP contribution in [0.3, 0.4) is 0 Å². The molecule has 4 saturated carbocycles. The molecule has 5 aliphatic carbocycles. The van der Waals surface area contributed by atoms with E-state index in [9.17, 15) is 4.79 Å². The minimum absolute atomic E-state index is 0. The Kier molecular flexibility index (Phi) is 7.87. The Morgan fingerprint density at radius 3 is 1.79 bits per heavy atom. The third-order valence-corrected chi connectivity index (χ3v) is 19.7. The van der Waals surface area contributed by atoms with Gasteiger partial charge in [-0.3, -0.25) is 0 Å². The van der Waals surface area contributed by atoms with Gasteiger partial charge in [-0.25, -0.2) is 0 Å². The third kappa shape index (κ3) is 4.00. The average molecular weight is 477 g/mol. The minimum atomic E-state index is -1.70. The van der Waals surface area contributed by atoms with Crippen LogP contribution in [-0.4, -0.2) is 12.6 Å². The van der Waals surface area contributed by atoms with Gasteiger partial charge in [0, 0.05) is 0 Å². The first-order valence-electron chi connectivity index (χ1n) is 10.8. The van der Waals surface area contributed by atoms with Crippen LogP contribution in [0, 0.1) is 29.1 Å². The van der Waals surface area contributed by atoms with E-state index in [1.165, 1.54) is 49.7 Å². The summed E-state index contributed by atoms with van der Waals surface area (Å²) in [5.41, 5.74) is 4.58. The Hall–Kier alpha value is 0.461. The van der Waals surface area contributed by atoms with Gasteiger partial charge in [0.1, 0.15) is 0 Å². The van der Waals surface area contributed by atoms with Gasteiger partial charge in [-0.2, -0.15) is 0 Å². The van der Waals surface area contributed by atoms with E-state index in [-0.39, 0.29) is 30.2 Å². The topological polar surface area (TPSA) is 29.1 Å². The maximum Gasteiger partial charge on any atom is -1.00 e. The summed E-state index contributed by atoms with van der Waals surface area (Å²) in [4.78, 5) is 13.7. The zero-order chi connectivity index (χ0) is 18.8. The van der Waals surface area contributed by atoms with Crippen molar-refractivity contribution in [3.63, 3.8) is 0 Å². The van der Waals surface area contributed by atoms with Gasteiger partial charge in [0.2, 0.25) is 0 Å². The van der Waals surface area contributed by atoms with E-state index in [1.807, 2.05) is 0 Å². The van der Waals surface area contributed by atoms with Crippen molar-refractivity contribution in [2.75, 3.05) is 0 Å². The number of carbonyl (C=O) groups is 1. The molecule has 0 aliphatic heterocycles. The molecule has 0 saturated heterocycles. The number of amides is 1. The summed E-state index contributed by atoms with van der Waals surface area (Å²) in [5.74, 6) is 3.61. The van der Waals surface area contributed by atoms with Crippen LogP contribution in [0.2, 0.25) is 13.1 Å². The molecule has 0 radical (unpaired) electrons. The second-order valence-electron chi connectivity index (χ2n) is 10.3. The van der Waals surface area contributed by atoms with Crippen molar-refractivity contribution in [3.05, 3.63) is 20.6 Å². The number of nitrogens with one attached hydrogen (secondary N) is 1. The molecule has 0 heterocycles. The molecule has 2 nitrogen and oxygen atoms in total. The molecule has 157 valence electrons. The van der Waals surface area contributed by atoms with Crippen LogP contribution in [-0.2, 0) is 22.2 Å². The number of carbonyl (C=O) groups excluding carboxylic acids is 1. The van der Waals surface area contributed by atoms with E-state index >= 15 is 0 Å². The zero-order valence-electron chi connectivity index (χ0n) is 18.3. The van der Waals surface area contributed by atoms with Crippen molar-refractivity contribution in [2.24, 2.45) is 29.1 Å². The Morgan fingerprint density at radius 1 is 0.964 bits per heavy atom. The van der Waals surface area contributed by atoms with Gasteiger partial charge in [0.15, 0.2) is 0 Å². The Morgan fingerprint density at radius 2 is 1.43 bits per heavy atom. The molecule has 4 bridgehead atoms. The van der Waals surface area contributed by atoms with Crippen LogP contribution >= 0.6 is 0 Å². The molecule has 1 amide bonds. The monoisotopic (exact) mass is 476 g/mol. The van der Waals surface area contributed by atoms with Gasteiger partial charge < -0.3 is 24.8 Å². The van der Waals surface area contributed by atoms with Crippen molar-refractivity contribution >= 4 is 12.6 Å². The summed E-state index contributed by atoms with van der Waals surface area (Å²) >= 11 is -1.70. The zero-order valence-corrected chi connectivity index (χ0v) is 22.5. The molecule has 1 N–H and O–H groups in total. The first-order chi connectivity index (χ1) is 12.2. The maximum atomic E-state index is 13.7. The third-order valence-electron chi connectivity index (χ3n) is 8.28. The van der Waals surface area contributed by atoms with Gasteiger partial charge in [0.25, 0.3) is 0 Å². The van der Waals surface area contributed by atoms with E-state index in [4.69, 9.17) is 0 Å². The number of hydrogen-bond acceptors (Lipinski definition) is 1.